The molecular weight excluding hydrogens is 343 g/mol. The number of carbonyl (C=O) groups excluding carboxylic acids is 1. The molecule has 1 aromatic rings. The molecular formula is C11H10Cl2N2O3S2. The van der Waals surface area contributed by atoms with Crippen molar-refractivity contribution in [3.8, 4) is 0 Å². The fourth-order valence-corrected chi connectivity index (χ4v) is 4.32. The lowest BCUT2D eigenvalue weighted by Gasteiger charge is -2.07. The summed E-state index contributed by atoms with van der Waals surface area (Å²) in [6.45, 7) is 0.466. The lowest BCUT2D eigenvalue weighted by Crippen LogP contribution is -2.26. The summed E-state index contributed by atoms with van der Waals surface area (Å²) in [7, 11) is -3.66. The van der Waals surface area contributed by atoms with Gasteiger partial charge in [-0.1, -0.05) is 35.0 Å². The first kappa shape index (κ1) is 15.6. The second-order valence-corrected chi connectivity index (χ2v) is 7.99. The normalized spacial score (nSPS) is 15.0. The second-order valence-electron chi connectivity index (χ2n) is 3.93. The number of hydrogen-bond acceptors (Lipinski definition) is 5. The highest BCUT2D eigenvalue weighted by molar-refractivity contribution is 8.35. The number of halogens is 2. The molecule has 0 saturated heterocycles. The molecule has 5 nitrogen and oxygen atoms in total. The molecule has 0 unspecified atom stereocenters. The van der Waals surface area contributed by atoms with E-state index in [1.54, 1.807) is 6.07 Å². The van der Waals surface area contributed by atoms with Gasteiger partial charge in [0.05, 0.1) is 16.6 Å². The Hall–Kier alpha value is -0.760. The Bertz CT molecular complexity index is 674. The van der Waals surface area contributed by atoms with Crippen molar-refractivity contribution in [2.24, 2.45) is 4.99 Å². The average molecular weight is 353 g/mol. The number of amides is 1. The van der Waals surface area contributed by atoms with Gasteiger partial charge < -0.3 is 5.32 Å². The van der Waals surface area contributed by atoms with Crippen molar-refractivity contribution in [3.63, 3.8) is 0 Å². The van der Waals surface area contributed by atoms with Crippen LogP contribution in [0.3, 0.4) is 0 Å². The Morgan fingerprint density at radius 2 is 2.10 bits per heavy atom. The van der Waals surface area contributed by atoms with Gasteiger partial charge in [-0.3, -0.25) is 9.79 Å². The molecule has 1 heterocycles. The third kappa shape index (κ3) is 3.88. The number of sulfone groups is 1. The summed E-state index contributed by atoms with van der Waals surface area (Å²) in [4.78, 5) is 15.6. The largest absolute Gasteiger partial charge is 0.325 e. The number of nitrogens with one attached hydrogen (secondary N) is 1. The van der Waals surface area contributed by atoms with Gasteiger partial charge >= 0.3 is 0 Å². The van der Waals surface area contributed by atoms with Gasteiger partial charge in [-0.15, -0.1) is 0 Å². The average Bonchev–Trinajstić information content (AvgIpc) is 2.87. The van der Waals surface area contributed by atoms with Gasteiger partial charge in [0.25, 0.3) is 0 Å². The zero-order chi connectivity index (χ0) is 14.8. The highest BCUT2D eigenvalue weighted by Crippen LogP contribution is 2.25. The van der Waals surface area contributed by atoms with E-state index in [9.17, 15) is 13.2 Å². The van der Waals surface area contributed by atoms with Crippen LogP contribution < -0.4 is 5.32 Å². The molecule has 1 aliphatic rings. The summed E-state index contributed by atoms with van der Waals surface area (Å²) >= 11 is 12.7. The molecule has 0 fully saturated rings. The van der Waals surface area contributed by atoms with Crippen LogP contribution >= 0.6 is 35.0 Å². The van der Waals surface area contributed by atoms with Crippen LogP contribution in [0.25, 0.3) is 0 Å². The van der Waals surface area contributed by atoms with Crippen molar-refractivity contribution in [2.45, 2.75) is 0 Å². The van der Waals surface area contributed by atoms with Crippen LogP contribution in [0.2, 0.25) is 10.0 Å². The smallest absolute Gasteiger partial charge is 0.240 e. The molecule has 0 spiro atoms. The molecule has 0 atom stereocenters. The summed E-state index contributed by atoms with van der Waals surface area (Å²) in [5.41, 5.74) is 0.389. The van der Waals surface area contributed by atoms with Gasteiger partial charge in [-0.05, 0) is 18.2 Å². The molecule has 1 aliphatic heterocycles. The van der Waals surface area contributed by atoms with E-state index < -0.39 is 21.5 Å². The van der Waals surface area contributed by atoms with Crippen LogP contribution in [-0.4, -0.2) is 36.8 Å². The molecule has 0 bridgehead atoms. The molecule has 20 heavy (non-hydrogen) atoms. The van der Waals surface area contributed by atoms with Crippen LogP contribution in [0.5, 0.6) is 0 Å². The van der Waals surface area contributed by atoms with Crippen molar-refractivity contribution < 1.29 is 13.2 Å². The maximum Gasteiger partial charge on any atom is 0.240 e. The minimum absolute atomic E-state index is 0.0294. The van der Waals surface area contributed by atoms with Crippen LogP contribution in [0.4, 0.5) is 5.69 Å². The Balaban J connectivity index is 2.03. The number of nitrogens with zero attached hydrogens (tertiary/aromatic N) is 1. The van der Waals surface area contributed by atoms with Crippen molar-refractivity contribution in [1.82, 2.24) is 0 Å². The maximum absolute atomic E-state index is 11.9. The number of thioether (sulfide) groups is 1. The van der Waals surface area contributed by atoms with Crippen LogP contribution in [0.1, 0.15) is 0 Å². The van der Waals surface area contributed by atoms with Crippen LogP contribution in [-0.2, 0) is 14.6 Å². The lowest BCUT2D eigenvalue weighted by atomic mass is 10.3. The first-order valence-electron chi connectivity index (χ1n) is 5.53. The highest BCUT2D eigenvalue weighted by atomic mass is 35.5. The predicted molar refractivity (Wildman–Crippen MR) is 83.6 cm³/mol. The summed E-state index contributed by atoms with van der Waals surface area (Å²) in [6.07, 6.45) is 0. The first-order chi connectivity index (χ1) is 9.38. The summed E-state index contributed by atoms with van der Waals surface area (Å²) in [5.74, 6) is -0.652. The minimum Gasteiger partial charge on any atom is -0.325 e. The van der Waals surface area contributed by atoms with E-state index >= 15 is 0 Å². The van der Waals surface area contributed by atoms with E-state index in [-0.39, 0.29) is 9.40 Å². The van der Waals surface area contributed by atoms with Crippen molar-refractivity contribution >= 4 is 60.8 Å². The SMILES string of the molecule is O=C(CS(=O)(=O)C1=NCCS1)Nc1ccc(Cl)c(Cl)c1. The summed E-state index contributed by atoms with van der Waals surface area (Å²) < 4.78 is 23.8. The quantitative estimate of drug-likeness (QED) is 0.906. The van der Waals surface area contributed by atoms with Crippen molar-refractivity contribution in [3.05, 3.63) is 28.2 Å². The number of hydrogen-bond donors (Lipinski definition) is 1. The molecule has 0 saturated carbocycles. The van der Waals surface area contributed by atoms with E-state index in [1.807, 2.05) is 0 Å². The minimum atomic E-state index is -3.66. The predicted octanol–water partition coefficient (Wildman–Crippen LogP) is 2.45. The van der Waals surface area contributed by atoms with Gasteiger partial charge in [-0.2, -0.15) is 0 Å². The Morgan fingerprint density at radius 1 is 1.35 bits per heavy atom. The number of carbonyl (C=O) groups is 1. The van der Waals surface area contributed by atoms with Gasteiger partial charge in [0, 0.05) is 11.4 Å². The first-order valence-corrected chi connectivity index (χ1v) is 8.93. The molecule has 1 N–H and O–H groups in total. The van der Waals surface area contributed by atoms with Crippen molar-refractivity contribution in [2.75, 3.05) is 23.4 Å². The molecule has 108 valence electrons. The van der Waals surface area contributed by atoms with Gasteiger partial charge in [-0.25, -0.2) is 8.42 Å². The van der Waals surface area contributed by atoms with Gasteiger partial charge in [0.15, 0.2) is 4.38 Å². The van der Waals surface area contributed by atoms with E-state index in [1.165, 1.54) is 12.1 Å². The molecule has 1 aromatic carbocycles. The standard InChI is InChI=1S/C11H10Cl2N2O3S2/c12-8-2-1-7(5-9(8)13)15-10(16)6-20(17,18)11-14-3-4-19-11/h1-2,5H,3-4,6H2,(H,15,16). The maximum atomic E-state index is 11.9. The van der Waals surface area contributed by atoms with Gasteiger partial charge in [0.1, 0.15) is 5.75 Å². The van der Waals surface area contributed by atoms with E-state index in [4.69, 9.17) is 23.2 Å². The fraction of sp³-hybridized carbons (Fsp3) is 0.273. The number of benzene rings is 1. The summed E-state index contributed by atoms with van der Waals surface area (Å²) in [5, 5.41) is 3.10. The van der Waals surface area contributed by atoms with E-state index in [0.29, 0.717) is 23.0 Å². The monoisotopic (exact) mass is 352 g/mol. The number of anilines is 1. The Morgan fingerprint density at radius 3 is 2.70 bits per heavy atom. The highest BCUT2D eigenvalue weighted by Gasteiger charge is 2.26. The molecule has 0 aliphatic carbocycles. The Labute approximate surface area is 130 Å². The number of aliphatic imine (C=N–C) groups is 1. The zero-order valence-corrected chi connectivity index (χ0v) is 13.2. The van der Waals surface area contributed by atoms with E-state index in [2.05, 4.69) is 10.3 Å². The molecule has 2 rings (SSSR count). The third-order valence-corrected chi connectivity index (χ3v) is 6.27. The molecule has 9 heteroatoms. The summed E-state index contributed by atoms with van der Waals surface area (Å²) in [6, 6.07) is 4.52. The molecule has 1 amide bonds. The van der Waals surface area contributed by atoms with Gasteiger partial charge in [0.2, 0.25) is 15.7 Å². The lowest BCUT2D eigenvalue weighted by molar-refractivity contribution is -0.113. The molecule has 0 radical (unpaired) electrons. The molecule has 0 aromatic heterocycles. The zero-order valence-electron chi connectivity index (χ0n) is 10.1. The fourth-order valence-electron chi connectivity index (χ4n) is 1.51. The second kappa shape index (κ2) is 6.34. The number of rotatable bonds is 3. The Kier molecular flexibility index (Phi) is 4.95. The van der Waals surface area contributed by atoms with Crippen molar-refractivity contribution in [1.29, 1.82) is 0 Å². The van der Waals surface area contributed by atoms with E-state index in [0.717, 1.165) is 11.8 Å². The van der Waals surface area contributed by atoms with Crippen LogP contribution in [0.15, 0.2) is 23.2 Å². The van der Waals surface area contributed by atoms with Crippen LogP contribution in [0, 0.1) is 0 Å². The topological polar surface area (TPSA) is 75.6 Å². The third-order valence-electron chi connectivity index (χ3n) is 2.35.